The van der Waals surface area contributed by atoms with Crippen LogP contribution in [0.4, 0.5) is 0 Å². The fourth-order valence-corrected chi connectivity index (χ4v) is 2.08. The lowest BCUT2D eigenvalue weighted by Crippen LogP contribution is -1.93. The molecule has 0 saturated heterocycles. The maximum Gasteiger partial charge on any atom is 0.218 e. The van der Waals surface area contributed by atoms with Crippen molar-refractivity contribution >= 4 is 10.9 Å². The molecule has 0 N–H and O–H groups in total. The zero-order valence-corrected chi connectivity index (χ0v) is 9.12. The Bertz CT molecular complexity index is 529. The van der Waals surface area contributed by atoms with Gasteiger partial charge in [0.2, 0.25) is 6.54 Å². The molecule has 76 valence electrons. The van der Waals surface area contributed by atoms with Crippen molar-refractivity contribution in [1.29, 1.82) is 0 Å². The molecule has 0 bridgehead atoms. The predicted octanol–water partition coefficient (Wildman–Crippen LogP) is 2.95. The number of hydrogen-bond acceptors (Lipinski definition) is 0. The van der Waals surface area contributed by atoms with Crippen LogP contribution in [-0.2, 0) is 13.5 Å². The largest absolute Gasteiger partial charge is 0.348 e. The molecular weight excluding hydrogens is 184 g/mol. The molecule has 0 atom stereocenters. The average Bonchev–Trinajstić information content (AvgIpc) is 2.51. The Balaban J connectivity index is 2.62. The molecule has 1 aromatic carbocycles. The smallest absolute Gasteiger partial charge is 0.218 e. The molecule has 15 heavy (non-hydrogen) atoms. The Morgan fingerprint density at radius 3 is 2.80 bits per heavy atom. The molecule has 1 heterocycles. The Kier molecular flexibility index (Phi) is 2.47. The first kappa shape index (κ1) is 9.79. The van der Waals surface area contributed by atoms with Crippen LogP contribution >= 0.6 is 0 Å². The van der Waals surface area contributed by atoms with Crippen molar-refractivity contribution in [3.8, 4) is 0 Å². The van der Waals surface area contributed by atoms with Gasteiger partial charge in [-0.2, -0.15) is 0 Å². The highest BCUT2D eigenvalue weighted by molar-refractivity contribution is 5.85. The van der Waals surface area contributed by atoms with Crippen LogP contribution in [0.1, 0.15) is 11.3 Å². The van der Waals surface area contributed by atoms with E-state index in [2.05, 4.69) is 47.6 Å². The van der Waals surface area contributed by atoms with Gasteiger partial charge in [-0.15, -0.1) is 0 Å². The lowest BCUT2D eigenvalue weighted by atomic mass is 10.1. The van der Waals surface area contributed by atoms with Crippen LogP contribution in [0.3, 0.4) is 0 Å². The van der Waals surface area contributed by atoms with Gasteiger partial charge >= 0.3 is 0 Å². The molecule has 0 saturated carbocycles. The van der Waals surface area contributed by atoms with Crippen LogP contribution in [0.25, 0.3) is 15.7 Å². The highest BCUT2D eigenvalue weighted by Crippen LogP contribution is 2.24. The number of nitrogens with zero attached hydrogens (tertiary/aromatic N) is 2. The van der Waals surface area contributed by atoms with Crippen LogP contribution in [0, 0.1) is 13.5 Å². The van der Waals surface area contributed by atoms with Crippen LogP contribution in [0.5, 0.6) is 0 Å². The monoisotopic (exact) mass is 198 g/mol. The number of aryl methyl sites for hydroxylation is 1. The molecule has 0 unspecified atom stereocenters. The number of hydrogen-bond donors (Lipinski definition) is 0. The minimum absolute atomic E-state index is 0.578. The maximum absolute atomic E-state index is 6.86. The Hall–Kier alpha value is -1.75. The Labute approximate surface area is 90.0 Å². The second kappa shape index (κ2) is 3.78. The van der Waals surface area contributed by atoms with Crippen LogP contribution < -0.4 is 0 Å². The molecular formula is C13H14N2. The van der Waals surface area contributed by atoms with E-state index in [0.717, 1.165) is 6.42 Å². The summed E-state index contributed by atoms with van der Waals surface area (Å²) in [5.74, 6) is 0. The summed E-state index contributed by atoms with van der Waals surface area (Å²) in [5, 5.41) is 1.29. The van der Waals surface area contributed by atoms with E-state index in [1.165, 1.54) is 22.2 Å². The number of aromatic nitrogens is 1. The van der Waals surface area contributed by atoms with Crippen molar-refractivity contribution in [1.82, 2.24) is 4.57 Å². The van der Waals surface area contributed by atoms with Gasteiger partial charge in [0.25, 0.3) is 0 Å². The summed E-state index contributed by atoms with van der Waals surface area (Å²) in [6.07, 6.45) is 0.858. The van der Waals surface area contributed by atoms with E-state index in [-0.39, 0.29) is 0 Å². The lowest BCUT2D eigenvalue weighted by Gasteiger charge is -1.98. The molecule has 2 heteroatoms. The van der Waals surface area contributed by atoms with Gasteiger partial charge < -0.3 is 9.41 Å². The van der Waals surface area contributed by atoms with E-state index in [9.17, 15) is 0 Å². The summed E-state index contributed by atoms with van der Waals surface area (Å²) >= 11 is 0. The Morgan fingerprint density at radius 1 is 1.33 bits per heavy atom. The van der Waals surface area contributed by atoms with Gasteiger partial charge in [0, 0.05) is 30.1 Å². The molecule has 1 aromatic heterocycles. The SMILES string of the molecule is [C-]#[N+]CCc1c(C)n(C)c2ccccc12. The molecule has 0 aliphatic carbocycles. The van der Waals surface area contributed by atoms with Crippen molar-refractivity contribution in [3.63, 3.8) is 0 Å². The molecule has 0 amide bonds. The third kappa shape index (κ3) is 1.50. The average molecular weight is 198 g/mol. The fraction of sp³-hybridized carbons (Fsp3) is 0.308. The summed E-state index contributed by atoms with van der Waals surface area (Å²) in [6, 6.07) is 8.38. The normalized spacial score (nSPS) is 10.5. The zero-order valence-electron chi connectivity index (χ0n) is 9.12. The van der Waals surface area contributed by atoms with E-state index >= 15 is 0 Å². The van der Waals surface area contributed by atoms with E-state index in [1.54, 1.807) is 0 Å². The Morgan fingerprint density at radius 2 is 2.07 bits per heavy atom. The van der Waals surface area contributed by atoms with Gasteiger partial charge in [-0.05, 0) is 18.6 Å². The summed E-state index contributed by atoms with van der Waals surface area (Å²) < 4.78 is 2.20. The maximum atomic E-state index is 6.86. The minimum atomic E-state index is 0.578. The summed E-state index contributed by atoms with van der Waals surface area (Å²) in [5.41, 5.74) is 3.86. The van der Waals surface area contributed by atoms with Gasteiger partial charge in [-0.25, -0.2) is 6.57 Å². The number of rotatable bonds is 2. The standard InChI is InChI=1S/C13H14N2/c1-10-11(8-9-14-2)12-6-4-5-7-13(12)15(10)3/h4-7H,8-9H2,1,3H3. The third-order valence-corrected chi connectivity index (χ3v) is 3.00. The summed E-state index contributed by atoms with van der Waals surface area (Å²) in [6.45, 7) is 9.56. The van der Waals surface area contributed by atoms with E-state index in [1.807, 2.05) is 0 Å². The third-order valence-electron chi connectivity index (χ3n) is 3.00. The lowest BCUT2D eigenvalue weighted by molar-refractivity contribution is 0.896. The highest BCUT2D eigenvalue weighted by atomic mass is 14.9. The quantitative estimate of drug-likeness (QED) is 0.656. The van der Waals surface area contributed by atoms with Crippen molar-refractivity contribution in [2.24, 2.45) is 7.05 Å². The van der Waals surface area contributed by atoms with Crippen molar-refractivity contribution in [2.45, 2.75) is 13.3 Å². The first-order chi connectivity index (χ1) is 7.25. The predicted molar refractivity (Wildman–Crippen MR) is 62.8 cm³/mol. The first-order valence-electron chi connectivity index (χ1n) is 5.12. The fourth-order valence-electron chi connectivity index (χ4n) is 2.08. The number of benzene rings is 1. The molecule has 2 aromatic rings. The van der Waals surface area contributed by atoms with Gasteiger partial charge in [-0.1, -0.05) is 18.2 Å². The minimum Gasteiger partial charge on any atom is -0.348 e. The summed E-state index contributed by atoms with van der Waals surface area (Å²) in [4.78, 5) is 3.43. The molecule has 0 radical (unpaired) electrons. The second-order valence-electron chi connectivity index (χ2n) is 3.77. The van der Waals surface area contributed by atoms with Crippen LogP contribution in [0.2, 0.25) is 0 Å². The van der Waals surface area contributed by atoms with Crippen LogP contribution in [0.15, 0.2) is 24.3 Å². The van der Waals surface area contributed by atoms with Crippen molar-refractivity contribution in [3.05, 3.63) is 46.9 Å². The van der Waals surface area contributed by atoms with Gasteiger partial charge in [0.1, 0.15) is 0 Å². The molecule has 0 fully saturated rings. The zero-order chi connectivity index (χ0) is 10.8. The van der Waals surface area contributed by atoms with E-state index < -0.39 is 0 Å². The number of fused-ring (bicyclic) bond motifs is 1. The van der Waals surface area contributed by atoms with E-state index in [0.29, 0.717) is 6.54 Å². The second-order valence-corrected chi connectivity index (χ2v) is 3.77. The van der Waals surface area contributed by atoms with Crippen molar-refractivity contribution < 1.29 is 0 Å². The van der Waals surface area contributed by atoms with Crippen LogP contribution in [-0.4, -0.2) is 11.1 Å². The first-order valence-corrected chi connectivity index (χ1v) is 5.12. The molecule has 0 aliphatic rings. The molecule has 2 rings (SSSR count). The summed E-state index contributed by atoms with van der Waals surface area (Å²) in [7, 11) is 2.08. The molecule has 2 nitrogen and oxygen atoms in total. The highest BCUT2D eigenvalue weighted by Gasteiger charge is 2.11. The molecule has 0 aliphatic heterocycles. The molecule has 0 spiro atoms. The van der Waals surface area contributed by atoms with Gasteiger partial charge in [0.05, 0.1) is 0 Å². The van der Waals surface area contributed by atoms with Gasteiger partial charge in [0.15, 0.2) is 0 Å². The number of para-hydroxylation sites is 1. The topological polar surface area (TPSA) is 9.29 Å². The van der Waals surface area contributed by atoms with Crippen molar-refractivity contribution in [2.75, 3.05) is 6.54 Å². The van der Waals surface area contributed by atoms with E-state index in [4.69, 9.17) is 6.57 Å². The van der Waals surface area contributed by atoms with Gasteiger partial charge in [-0.3, -0.25) is 0 Å².